The van der Waals surface area contributed by atoms with Gasteiger partial charge in [-0.3, -0.25) is 0 Å². The molecule has 0 amide bonds. The summed E-state index contributed by atoms with van der Waals surface area (Å²) in [6.07, 6.45) is 1.51. The number of rotatable bonds is 6. The number of hydrogen-bond acceptors (Lipinski definition) is 4. The van der Waals surface area contributed by atoms with Gasteiger partial charge in [0.2, 0.25) is 0 Å². The van der Waals surface area contributed by atoms with Crippen molar-refractivity contribution in [3.8, 4) is 0 Å². The summed E-state index contributed by atoms with van der Waals surface area (Å²) in [5.41, 5.74) is 0. The van der Waals surface area contributed by atoms with Crippen LogP contribution in [0.15, 0.2) is 10.8 Å². The number of halogens is 2. The van der Waals surface area contributed by atoms with Crippen molar-refractivity contribution in [2.24, 2.45) is 5.92 Å². The topological polar surface area (TPSA) is 32.3 Å². The molecule has 0 bridgehead atoms. The zero-order valence-corrected chi connectivity index (χ0v) is 13.7. The van der Waals surface area contributed by atoms with Crippen molar-refractivity contribution in [3.05, 3.63) is 16.0 Å². The Morgan fingerprint density at radius 1 is 1.28 bits per heavy atom. The number of anilines is 1. The first-order valence-corrected chi connectivity index (χ1v) is 7.14. The Morgan fingerprint density at radius 2 is 1.94 bits per heavy atom. The summed E-state index contributed by atoms with van der Waals surface area (Å²) in [7, 11) is 4.13. The van der Waals surface area contributed by atoms with E-state index in [1.54, 1.807) is 0 Å². The van der Waals surface area contributed by atoms with Gasteiger partial charge in [-0.25, -0.2) is 9.97 Å². The van der Waals surface area contributed by atoms with Crippen LogP contribution in [0.2, 0.25) is 5.15 Å². The van der Waals surface area contributed by atoms with Crippen molar-refractivity contribution in [1.82, 2.24) is 14.9 Å². The van der Waals surface area contributed by atoms with E-state index < -0.39 is 0 Å². The molecule has 0 radical (unpaired) electrons. The van der Waals surface area contributed by atoms with Gasteiger partial charge >= 0.3 is 0 Å². The van der Waals surface area contributed by atoms with Crippen molar-refractivity contribution < 1.29 is 0 Å². The predicted molar refractivity (Wildman–Crippen MR) is 80.3 cm³/mol. The quantitative estimate of drug-likeness (QED) is 0.748. The van der Waals surface area contributed by atoms with Crippen LogP contribution >= 0.6 is 27.5 Å². The van der Waals surface area contributed by atoms with E-state index in [0.717, 1.165) is 29.9 Å². The highest BCUT2D eigenvalue weighted by Crippen LogP contribution is 2.29. The molecule has 0 aromatic carbocycles. The second kappa shape index (κ2) is 7.26. The van der Waals surface area contributed by atoms with E-state index in [1.165, 1.54) is 6.33 Å². The van der Waals surface area contributed by atoms with E-state index in [2.05, 4.69) is 63.6 Å². The maximum absolute atomic E-state index is 6.02. The number of likely N-dealkylation sites (N-methyl/N-ethyl adjacent to an activating group) is 1. The molecule has 1 aromatic heterocycles. The van der Waals surface area contributed by atoms with Crippen molar-refractivity contribution in [2.75, 3.05) is 38.6 Å². The van der Waals surface area contributed by atoms with Crippen molar-refractivity contribution in [3.63, 3.8) is 0 Å². The Hall–Kier alpha value is -0.390. The molecule has 0 saturated heterocycles. The maximum atomic E-state index is 6.02. The molecule has 0 saturated carbocycles. The molecule has 0 unspecified atom stereocenters. The van der Waals surface area contributed by atoms with Gasteiger partial charge in [-0.15, -0.1) is 0 Å². The second-order valence-electron chi connectivity index (χ2n) is 4.95. The monoisotopic (exact) mass is 334 g/mol. The van der Waals surface area contributed by atoms with E-state index in [4.69, 9.17) is 11.6 Å². The standard InChI is InChI=1S/C12H20BrClN4/c1-9(2)7-18(6-5-17(3)4)12-10(13)11(14)15-8-16-12/h8-9H,5-7H2,1-4H3. The van der Waals surface area contributed by atoms with Crippen molar-refractivity contribution in [1.29, 1.82) is 0 Å². The van der Waals surface area contributed by atoms with Gasteiger partial charge in [0.05, 0.1) is 4.47 Å². The van der Waals surface area contributed by atoms with E-state index in [9.17, 15) is 0 Å². The first-order chi connectivity index (χ1) is 8.41. The molecule has 4 nitrogen and oxygen atoms in total. The first-order valence-electron chi connectivity index (χ1n) is 5.97. The van der Waals surface area contributed by atoms with Gasteiger partial charge in [-0.2, -0.15) is 0 Å². The van der Waals surface area contributed by atoms with E-state index in [0.29, 0.717) is 11.1 Å². The minimum absolute atomic E-state index is 0.457. The smallest absolute Gasteiger partial charge is 0.148 e. The first kappa shape index (κ1) is 15.7. The zero-order chi connectivity index (χ0) is 13.7. The summed E-state index contributed by atoms with van der Waals surface area (Å²) < 4.78 is 0.770. The third-order valence-electron chi connectivity index (χ3n) is 2.43. The largest absolute Gasteiger partial charge is 0.354 e. The summed E-state index contributed by atoms with van der Waals surface area (Å²) in [4.78, 5) is 12.7. The fourth-order valence-electron chi connectivity index (χ4n) is 1.61. The maximum Gasteiger partial charge on any atom is 0.148 e. The molecule has 0 atom stereocenters. The van der Waals surface area contributed by atoms with Crippen LogP contribution in [0.25, 0.3) is 0 Å². The number of nitrogens with zero attached hydrogens (tertiary/aromatic N) is 4. The summed E-state index contributed by atoms with van der Waals surface area (Å²) >= 11 is 9.49. The lowest BCUT2D eigenvalue weighted by atomic mass is 10.2. The molecule has 1 rings (SSSR count). The van der Waals surface area contributed by atoms with Crippen LogP contribution in [0.5, 0.6) is 0 Å². The highest BCUT2D eigenvalue weighted by Gasteiger charge is 2.15. The van der Waals surface area contributed by atoms with Gasteiger partial charge in [0.15, 0.2) is 0 Å². The van der Waals surface area contributed by atoms with Gasteiger partial charge < -0.3 is 9.80 Å². The van der Waals surface area contributed by atoms with Crippen LogP contribution in [0, 0.1) is 5.92 Å². The Bertz CT molecular complexity index is 384. The molecule has 1 heterocycles. The molecule has 6 heteroatoms. The van der Waals surface area contributed by atoms with E-state index >= 15 is 0 Å². The average Bonchev–Trinajstić information content (AvgIpc) is 2.27. The van der Waals surface area contributed by atoms with Gasteiger partial charge in [0.1, 0.15) is 17.3 Å². The Kier molecular flexibility index (Phi) is 6.32. The van der Waals surface area contributed by atoms with Crippen LogP contribution in [-0.2, 0) is 0 Å². The number of hydrogen-bond donors (Lipinski definition) is 0. The van der Waals surface area contributed by atoms with Gasteiger partial charge in [-0.1, -0.05) is 25.4 Å². The normalized spacial score (nSPS) is 11.3. The minimum Gasteiger partial charge on any atom is -0.354 e. The highest BCUT2D eigenvalue weighted by molar-refractivity contribution is 9.10. The SMILES string of the molecule is CC(C)CN(CCN(C)C)c1ncnc(Cl)c1Br. The van der Waals surface area contributed by atoms with Crippen molar-refractivity contribution in [2.45, 2.75) is 13.8 Å². The lowest BCUT2D eigenvalue weighted by molar-refractivity contribution is 0.408. The third kappa shape index (κ3) is 4.71. The second-order valence-corrected chi connectivity index (χ2v) is 6.10. The van der Waals surface area contributed by atoms with Crippen LogP contribution in [-0.4, -0.2) is 48.6 Å². The Balaban J connectivity index is 2.90. The lowest BCUT2D eigenvalue weighted by Gasteiger charge is -2.27. The zero-order valence-electron chi connectivity index (χ0n) is 11.3. The van der Waals surface area contributed by atoms with Crippen LogP contribution in [0.1, 0.15) is 13.8 Å². The molecule has 0 N–H and O–H groups in total. The highest BCUT2D eigenvalue weighted by atomic mass is 79.9. The summed E-state index contributed by atoms with van der Waals surface area (Å²) in [5, 5.41) is 0.457. The molecule has 0 fully saturated rings. The number of aromatic nitrogens is 2. The minimum atomic E-state index is 0.457. The molecule has 102 valence electrons. The molecule has 1 aromatic rings. The molecule has 0 aliphatic carbocycles. The van der Waals surface area contributed by atoms with Crippen LogP contribution in [0.4, 0.5) is 5.82 Å². The van der Waals surface area contributed by atoms with E-state index in [1.807, 2.05) is 0 Å². The van der Waals surface area contributed by atoms with Gasteiger partial charge in [-0.05, 0) is 35.9 Å². The molecule has 18 heavy (non-hydrogen) atoms. The van der Waals surface area contributed by atoms with Gasteiger partial charge in [0.25, 0.3) is 0 Å². The molecule has 0 aliphatic rings. The lowest BCUT2D eigenvalue weighted by Crippen LogP contribution is -2.35. The Morgan fingerprint density at radius 3 is 2.50 bits per heavy atom. The fraction of sp³-hybridized carbons (Fsp3) is 0.667. The molecule has 0 aliphatic heterocycles. The van der Waals surface area contributed by atoms with E-state index in [-0.39, 0.29) is 0 Å². The Labute approximate surface area is 122 Å². The van der Waals surface area contributed by atoms with Crippen LogP contribution in [0.3, 0.4) is 0 Å². The van der Waals surface area contributed by atoms with Gasteiger partial charge in [0, 0.05) is 19.6 Å². The van der Waals surface area contributed by atoms with Crippen LogP contribution < -0.4 is 4.90 Å². The predicted octanol–water partition coefficient (Wildman–Crippen LogP) is 2.92. The summed E-state index contributed by atoms with van der Waals surface area (Å²) in [5.74, 6) is 1.43. The fourth-order valence-corrected chi connectivity index (χ4v) is 2.19. The molecule has 0 spiro atoms. The summed E-state index contributed by atoms with van der Waals surface area (Å²) in [6, 6.07) is 0. The third-order valence-corrected chi connectivity index (χ3v) is 3.68. The molecular formula is C12H20BrClN4. The molecular weight excluding hydrogens is 316 g/mol. The average molecular weight is 336 g/mol. The summed E-state index contributed by atoms with van der Waals surface area (Å²) in [6.45, 7) is 7.22. The van der Waals surface area contributed by atoms with Crippen molar-refractivity contribution >= 4 is 33.3 Å².